The smallest absolute Gasteiger partial charge is 0.352 e. The third kappa shape index (κ3) is 3.63. The van der Waals surface area contributed by atoms with Gasteiger partial charge in [0.25, 0.3) is 0 Å². The number of hydrogen-bond donors (Lipinski definition) is 2. The van der Waals surface area contributed by atoms with Gasteiger partial charge in [-0.1, -0.05) is 36.4 Å². The number of aromatic nitrogens is 6. The number of carbonyl (C=O) groups is 1. The minimum absolute atomic E-state index is 0.124. The van der Waals surface area contributed by atoms with Crippen molar-refractivity contribution in [2.24, 2.45) is 0 Å². The summed E-state index contributed by atoms with van der Waals surface area (Å²) in [6, 6.07) is 24.5. The van der Waals surface area contributed by atoms with Crippen LogP contribution in [0.25, 0.3) is 38.9 Å². The summed E-state index contributed by atoms with van der Waals surface area (Å²) in [5.74, 6) is 0.0652. The first-order valence-corrected chi connectivity index (χ1v) is 11.3. The van der Waals surface area contributed by atoms with Crippen molar-refractivity contribution in [1.29, 1.82) is 0 Å². The van der Waals surface area contributed by atoms with Crippen LogP contribution in [0.1, 0.15) is 21.7 Å². The summed E-state index contributed by atoms with van der Waals surface area (Å²) in [5.41, 5.74) is 4.75. The van der Waals surface area contributed by atoms with Gasteiger partial charge in [0, 0.05) is 28.1 Å². The van der Waals surface area contributed by atoms with Gasteiger partial charge in [-0.15, -0.1) is 10.2 Å². The number of aromatic amines is 1. The summed E-state index contributed by atoms with van der Waals surface area (Å²) in [4.78, 5) is 16.9. The number of hydrogen-bond acceptors (Lipinski definition) is 6. The van der Waals surface area contributed by atoms with Crippen LogP contribution in [0.5, 0.6) is 5.75 Å². The molecule has 3 aromatic carbocycles. The number of benzene rings is 3. The molecule has 0 bridgehead atoms. The Kier molecular flexibility index (Phi) is 5.15. The Labute approximate surface area is 205 Å². The van der Waals surface area contributed by atoms with Gasteiger partial charge in [0.2, 0.25) is 5.82 Å². The van der Waals surface area contributed by atoms with Gasteiger partial charge in [-0.2, -0.15) is 5.21 Å². The summed E-state index contributed by atoms with van der Waals surface area (Å²) >= 11 is 0. The molecule has 0 atom stereocenters. The maximum atomic E-state index is 12.3. The highest BCUT2D eigenvalue weighted by Gasteiger charge is 2.21. The number of ether oxygens (including phenoxy) is 1. The molecule has 36 heavy (non-hydrogen) atoms. The van der Waals surface area contributed by atoms with E-state index in [-0.39, 0.29) is 12.3 Å². The van der Waals surface area contributed by atoms with Gasteiger partial charge in [-0.05, 0) is 54.1 Å². The van der Waals surface area contributed by atoms with Crippen LogP contribution in [0.15, 0.2) is 78.9 Å². The molecule has 0 radical (unpaired) electrons. The quantitative estimate of drug-likeness (QED) is 0.349. The second-order valence-electron chi connectivity index (χ2n) is 8.34. The molecule has 176 valence electrons. The fourth-order valence-corrected chi connectivity index (χ4v) is 4.51. The predicted octanol–water partition coefficient (Wildman–Crippen LogP) is 4.94. The number of fused-ring (bicyclic) bond motifs is 2. The molecule has 0 saturated heterocycles. The van der Waals surface area contributed by atoms with E-state index in [1.54, 1.807) is 10.6 Å². The molecule has 0 fully saturated rings. The van der Waals surface area contributed by atoms with E-state index in [2.05, 4.69) is 25.6 Å². The van der Waals surface area contributed by atoms with E-state index in [4.69, 9.17) is 4.74 Å². The van der Waals surface area contributed by atoms with E-state index in [0.29, 0.717) is 17.1 Å². The molecule has 0 amide bonds. The number of nitrogens with one attached hydrogen (secondary N) is 1. The number of carboxylic acid groups (broad SMARTS) is 1. The molecule has 0 aliphatic rings. The number of pyridine rings is 1. The summed E-state index contributed by atoms with van der Waals surface area (Å²) in [5, 5.41) is 26.1. The minimum atomic E-state index is -1.04. The van der Waals surface area contributed by atoms with E-state index in [1.165, 1.54) is 0 Å². The summed E-state index contributed by atoms with van der Waals surface area (Å²) < 4.78 is 7.97. The van der Waals surface area contributed by atoms with Crippen molar-refractivity contribution >= 4 is 27.8 Å². The monoisotopic (exact) mass is 476 g/mol. The van der Waals surface area contributed by atoms with Gasteiger partial charge >= 0.3 is 5.97 Å². The molecule has 3 heterocycles. The molecule has 0 saturated carbocycles. The first-order chi connectivity index (χ1) is 17.6. The zero-order valence-electron chi connectivity index (χ0n) is 19.2. The van der Waals surface area contributed by atoms with Gasteiger partial charge in [0.15, 0.2) is 0 Å². The normalized spacial score (nSPS) is 11.2. The Morgan fingerprint density at radius 1 is 1.00 bits per heavy atom. The lowest BCUT2D eigenvalue weighted by Gasteiger charge is -2.13. The van der Waals surface area contributed by atoms with Crippen molar-refractivity contribution in [3.8, 4) is 22.8 Å². The molecule has 6 rings (SSSR count). The maximum absolute atomic E-state index is 12.3. The molecule has 2 N–H and O–H groups in total. The number of rotatable bonds is 6. The van der Waals surface area contributed by atoms with Crippen LogP contribution < -0.4 is 4.74 Å². The highest BCUT2D eigenvalue weighted by atomic mass is 16.5. The van der Waals surface area contributed by atoms with Crippen molar-refractivity contribution < 1.29 is 14.6 Å². The van der Waals surface area contributed by atoms with Crippen LogP contribution in [-0.4, -0.2) is 41.3 Å². The summed E-state index contributed by atoms with van der Waals surface area (Å²) in [6.45, 7) is 2.20. The lowest BCUT2D eigenvalue weighted by Crippen LogP contribution is -2.07. The lowest BCUT2D eigenvalue weighted by atomic mass is 10.1. The number of H-pyrrole nitrogens is 1. The molecule has 0 unspecified atom stereocenters. The van der Waals surface area contributed by atoms with Gasteiger partial charge in [-0.3, -0.25) is 4.98 Å². The molecule has 6 aromatic rings. The third-order valence-electron chi connectivity index (χ3n) is 6.08. The Morgan fingerprint density at radius 2 is 1.83 bits per heavy atom. The molecule has 0 spiro atoms. The second-order valence-corrected chi connectivity index (χ2v) is 8.34. The summed E-state index contributed by atoms with van der Waals surface area (Å²) in [7, 11) is 0. The van der Waals surface area contributed by atoms with Gasteiger partial charge in [0.1, 0.15) is 18.1 Å². The van der Waals surface area contributed by atoms with Crippen molar-refractivity contribution in [2.75, 3.05) is 0 Å². The zero-order valence-corrected chi connectivity index (χ0v) is 19.2. The van der Waals surface area contributed by atoms with Gasteiger partial charge in [0.05, 0.1) is 16.7 Å². The largest absolute Gasteiger partial charge is 0.488 e. The van der Waals surface area contributed by atoms with Crippen molar-refractivity contribution in [2.45, 2.75) is 13.5 Å². The summed E-state index contributed by atoms with van der Waals surface area (Å²) in [6.07, 6.45) is 0. The topological polar surface area (TPSA) is 119 Å². The fraction of sp³-hybridized carbons (Fsp3) is 0.0741. The fourth-order valence-electron chi connectivity index (χ4n) is 4.51. The zero-order chi connectivity index (χ0) is 24.6. The Bertz CT molecular complexity index is 1740. The lowest BCUT2D eigenvalue weighted by molar-refractivity contribution is 0.0688. The Morgan fingerprint density at radius 3 is 2.67 bits per heavy atom. The highest BCUT2D eigenvalue weighted by Crippen LogP contribution is 2.33. The van der Waals surface area contributed by atoms with Crippen molar-refractivity contribution in [3.05, 3.63) is 95.8 Å². The van der Waals surface area contributed by atoms with Crippen LogP contribution >= 0.6 is 0 Å². The van der Waals surface area contributed by atoms with Crippen LogP contribution in [0.4, 0.5) is 0 Å². The first kappa shape index (κ1) is 21.5. The third-order valence-corrected chi connectivity index (χ3v) is 6.08. The first-order valence-electron chi connectivity index (χ1n) is 11.3. The number of aromatic carboxylic acids is 1. The average molecular weight is 476 g/mol. The van der Waals surface area contributed by atoms with Gasteiger partial charge < -0.3 is 14.4 Å². The van der Waals surface area contributed by atoms with Gasteiger partial charge in [-0.25, -0.2) is 4.79 Å². The Hall–Kier alpha value is -5.05. The number of para-hydroxylation sites is 2. The van der Waals surface area contributed by atoms with Crippen molar-refractivity contribution in [3.63, 3.8) is 0 Å². The van der Waals surface area contributed by atoms with E-state index < -0.39 is 5.97 Å². The molecule has 9 nitrogen and oxygen atoms in total. The number of nitrogens with zero attached hydrogens (tertiary/aromatic N) is 5. The van der Waals surface area contributed by atoms with Crippen LogP contribution in [-0.2, 0) is 6.61 Å². The molecule has 3 aromatic heterocycles. The SMILES string of the molecule is Cc1cc(OCc2cccc3c2cc(C(=O)O)n3-c2ccccc2-c2nn[nH]n2)c2ccccc2n1. The average Bonchev–Trinajstić information content (AvgIpc) is 3.56. The number of aryl methyl sites for hydroxylation is 1. The van der Waals surface area contributed by atoms with E-state index in [1.807, 2.05) is 79.7 Å². The molecule has 0 aliphatic carbocycles. The molecule has 9 heteroatoms. The number of carboxylic acids is 1. The standard InChI is InChI=1S/C27H20N6O3/c1-16-13-25(18-8-2-4-10-21(18)28-16)36-15-17-7-6-12-23-20(17)14-24(27(34)35)33(23)22-11-5-3-9-19(22)26-29-31-32-30-26/h2-14H,15H2,1H3,(H,34,35)(H,29,30,31,32). The molecular weight excluding hydrogens is 456 g/mol. The van der Waals surface area contributed by atoms with Crippen LogP contribution in [0, 0.1) is 6.92 Å². The minimum Gasteiger partial charge on any atom is -0.488 e. The predicted molar refractivity (Wildman–Crippen MR) is 134 cm³/mol. The van der Waals surface area contributed by atoms with E-state index in [0.717, 1.165) is 38.8 Å². The number of tetrazole rings is 1. The highest BCUT2D eigenvalue weighted by molar-refractivity contribution is 5.98. The van der Waals surface area contributed by atoms with E-state index in [9.17, 15) is 9.90 Å². The molecular formula is C27H20N6O3. The van der Waals surface area contributed by atoms with Crippen LogP contribution in [0.3, 0.4) is 0 Å². The Balaban J connectivity index is 1.47. The van der Waals surface area contributed by atoms with Crippen LogP contribution in [0.2, 0.25) is 0 Å². The molecule has 0 aliphatic heterocycles. The second kappa shape index (κ2) is 8.62. The van der Waals surface area contributed by atoms with E-state index >= 15 is 0 Å². The van der Waals surface area contributed by atoms with Crippen molar-refractivity contribution in [1.82, 2.24) is 30.2 Å². The maximum Gasteiger partial charge on any atom is 0.352 e.